The first-order valence-corrected chi connectivity index (χ1v) is 6.35. The fourth-order valence-corrected chi connectivity index (χ4v) is 2.54. The quantitative estimate of drug-likeness (QED) is 0.630. The molecule has 0 N–H and O–H groups in total. The van der Waals surface area contributed by atoms with Crippen molar-refractivity contribution in [1.29, 1.82) is 0 Å². The topological polar surface area (TPSA) is 17.1 Å². The Bertz CT molecular complexity index is 158. The van der Waals surface area contributed by atoms with Crippen LogP contribution in [0.4, 0.5) is 0 Å². The molecule has 1 nitrogen and oxygen atoms in total. The molecule has 0 heterocycles. The van der Waals surface area contributed by atoms with Crippen molar-refractivity contribution in [3.05, 3.63) is 0 Å². The van der Waals surface area contributed by atoms with Gasteiger partial charge in [0, 0.05) is 6.42 Å². The Balaban J connectivity index is 2.26. The average molecular weight is 217 g/mol. The van der Waals surface area contributed by atoms with Gasteiger partial charge in [0.1, 0.15) is 0 Å². The van der Waals surface area contributed by atoms with Crippen molar-refractivity contribution in [1.82, 2.24) is 0 Å². The molecule has 0 amide bonds. The Morgan fingerprint density at radius 1 is 0.929 bits per heavy atom. The Hall–Kier alpha value is -0.0400. The number of halogens is 1. The maximum absolute atomic E-state index is 10.8. The van der Waals surface area contributed by atoms with Gasteiger partial charge in [-0.3, -0.25) is 4.79 Å². The molecule has 0 unspecified atom stereocenters. The molecule has 1 rings (SSSR count). The zero-order chi connectivity index (χ0) is 10.2. The smallest absolute Gasteiger partial charge is 0.221 e. The van der Waals surface area contributed by atoms with E-state index >= 15 is 0 Å². The van der Waals surface area contributed by atoms with Crippen LogP contribution < -0.4 is 0 Å². The highest BCUT2D eigenvalue weighted by atomic mass is 35.5. The van der Waals surface area contributed by atoms with Gasteiger partial charge in [0.25, 0.3) is 0 Å². The molecule has 0 radical (unpaired) electrons. The lowest BCUT2D eigenvalue weighted by molar-refractivity contribution is -0.112. The molecular formula is C12H21ClO. The molecule has 1 aliphatic carbocycles. The van der Waals surface area contributed by atoms with E-state index in [4.69, 9.17) is 11.6 Å². The van der Waals surface area contributed by atoms with Gasteiger partial charge >= 0.3 is 0 Å². The second kappa shape index (κ2) is 7.28. The zero-order valence-electron chi connectivity index (χ0n) is 8.93. The summed E-state index contributed by atoms with van der Waals surface area (Å²) in [4.78, 5) is 10.8. The van der Waals surface area contributed by atoms with E-state index in [1.54, 1.807) is 0 Å². The molecule has 0 saturated heterocycles. The molecule has 82 valence electrons. The maximum atomic E-state index is 10.8. The molecule has 0 bridgehead atoms. The van der Waals surface area contributed by atoms with Crippen LogP contribution in [0, 0.1) is 5.92 Å². The third-order valence-electron chi connectivity index (χ3n) is 3.17. The summed E-state index contributed by atoms with van der Waals surface area (Å²) in [6.45, 7) is 0. The van der Waals surface area contributed by atoms with Gasteiger partial charge in [0.2, 0.25) is 5.24 Å². The van der Waals surface area contributed by atoms with Crippen LogP contribution in [-0.4, -0.2) is 5.24 Å². The second-order valence-electron chi connectivity index (χ2n) is 4.48. The van der Waals surface area contributed by atoms with Gasteiger partial charge in [0.05, 0.1) is 0 Å². The Morgan fingerprint density at radius 2 is 1.36 bits per heavy atom. The van der Waals surface area contributed by atoms with Gasteiger partial charge in [0.15, 0.2) is 0 Å². The van der Waals surface area contributed by atoms with Crippen LogP contribution in [0.3, 0.4) is 0 Å². The van der Waals surface area contributed by atoms with Gasteiger partial charge in [-0.05, 0) is 30.4 Å². The van der Waals surface area contributed by atoms with Crippen molar-refractivity contribution in [2.24, 2.45) is 5.92 Å². The van der Waals surface area contributed by atoms with Crippen molar-refractivity contribution in [2.75, 3.05) is 0 Å². The Labute approximate surface area is 92.2 Å². The number of rotatable bonds is 2. The van der Waals surface area contributed by atoms with E-state index in [1.165, 1.54) is 57.8 Å². The Kier molecular flexibility index (Phi) is 6.25. The molecule has 0 aromatic heterocycles. The van der Waals surface area contributed by atoms with Crippen LogP contribution in [-0.2, 0) is 4.79 Å². The molecule has 2 heteroatoms. The molecule has 14 heavy (non-hydrogen) atoms. The molecule has 1 saturated carbocycles. The largest absolute Gasteiger partial charge is 0.281 e. The van der Waals surface area contributed by atoms with E-state index in [0.29, 0.717) is 12.3 Å². The van der Waals surface area contributed by atoms with Gasteiger partial charge in [-0.15, -0.1) is 0 Å². The van der Waals surface area contributed by atoms with Gasteiger partial charge in [-0.25, -0.2) is 0 Å². The normalized spacial score (nSPS) is 21.8. The van der Waals surface area contributed by atoms with E-state index < -0.39 is 0 Å². The minimum absolute atomic E-state index is 0.146. The van der Waals surface area contributed by atoms with Crippen LogP contribution in [0.15, 0.2) is 0 Å². The predicted octanol–water partition coefficient (Wildman–Crippen LogP) is 4.28. The summed E-state index contributed by atoms with van der Waals surface area (Å²) >= 11 is 5.44. The van der Waals surface area contributed by atoms with Crippen LogP contribution in [0.1, 0.15) is 64.2 Å². The van der Waals surface area contributed by atoms with Gasteiger partial charge in [-0.2, -0.15) is 0 Å². The summed E-state index contributed by atoms with van der Waals surface area (Å²) in [5.41, 5.74) is 0. The summed E-state index contributed by atoms with van der Waals surface area (Å²) < 4.78 is 0. The predicted molar refractivity (Wildman–Crippen MR) is 60.5 cm³/mol. The van der Waals surface area contributed by atoms with Crippen molar-refractivity contribution < 1.29 is 4.79 Å². The van der Waals surface area contributed by atoms with Gasteiger partial charge < -0.3 is 0 Å². The molecule has 0 atom stereocenters. The molecular weight excluding hydrogens is 196 g/mol. The van der Waals surface area contributed by atoms with E-state index in [1.807, 2.05) is 0 Å². The lowest BCUT2D eigenvalue weighted by Gasteiger charge is -2.16. The number of hydrogen-bond donors (Lipinski definition) is 0. The summed E-state index contributed by atoms with van der Waals surface area (Å²) in [5, 5.41) is -0.146. The van der Waals surface area contributed by atoms with Crippen molar-refractivity contribution >= 4 is 16.8 Å². The maximum Gasteiger partial charge on any atom is 0.221 e. The molecule has 1 fully saturated rings. The van der Waals surface area contributed by atoms with E-state index in [0.717, 1.165) is 0 Å². The molecule has 0 aromatic carbocycles. The van der Waals surface area contributed by atoms with Crippen molar-refractivity contribution in [3.63, 3.8) is 0 Å². The highest BCUT2D eigenvalue weighted by Gasteiger charge is 2.12. The summed E-state index contributed by atoms with van der Waals surface area (Å²) in [6.07, 6.45) is 12.4. The third-order valence-corrected chi connectivity index (χ3v) is 3.33. The fourth-order valence-electron chi connectivity index (χ4n) is 2.33. The first-order chi connectivity index (χ1) is 6.79. The standard InChI is InChI=1S/C12H21ClO/c13-12(14)10-11-8-6-4-2-1-3-5-7-9-11/h11H,1-10H2. The number of carbonyl (C=O) groups is 1. The SMILES string of the molecule is O=C(Cl)CC1CCCCCCCCC1. The minimum atomic E-state index is -0.146. The highest BCUT2D eigenvalue weighted by Crippen LogP contribution is 2.24. The monoisotopic (exact) mass is 216 g/mol. The lowest BCUT2D eigenvalue weighted by Crippen LogP contribution is -2.05. The zero-order valence-corrected chi connectivity index (χ0v) is 9.69. The number of hydrogen-bond acceptors (Lipinski definition) is 1. The first kappa shape index (κ1) is 12.0. The van der Waals surface area contributed by atoms with Crippen LogP contribution in [0.25, 0.3) is 0 Å². The fraction of sp³-hybridized carbons (Fsp3) is 0.917. The van der Waals surface area contributed by atoms with Crippen LogP contribution >= 0.6 is 11.6 Å². The second-order valence-corrected chi connectivity index (χ2v) is 4.90. The first-order valence-electron chi connectivity index (χ1n) is 5.97. The summed E-state index contributed by atoms with van der Waals surface area (Å²) in [5.74, 6) is 0.568. The van der Waals surface area contributed by atoms with E-state index in [9.17, 15) is 4.79 Å². The van der Waals surface area contributed by atoms with E-state index in [-0.39, 0.29) is 5.24 Å². The third kappa shape index (κ3) is 5.64. The number of carbonyl (C=O) groups excluding carboxylic acids is 1. The average Bonchev–Trinajstić information content (AvgIpc) is 2.15. The van der Waals surface area contributed by atoms with Crippen LogP contribution in [0.5, 0.6) is 0 Å². The molecule has 0 aliphatic heterocycles. The highest BCUT2D eigenvalue weighted by molar-refractivity contribution is 6.63. The van der Waals surface area contributed by atoms with Gasteiger partial charge in [-0.1, -0.05) is 44.9 Å². The Morgan fingerprint density at radius 3 is 1.79 bits per heavy atom. The van der Waals surface area contributed by atoms with Crippen molar-refractivity contribution in [3.8, 4) is 0 Å². The van der Waals surface area contributed by atoms with Crippen LogP contribution in [0.2, 0.25) is 0 Å². The molecule has 1 aliphatic rings. The summed E-state index contributed by atoms with van der Waals surface area (Å²) in [6, 6.07) is 0. The summed E-state index contributed by atoms with van der Waals surface area (Å²) in [7, 11) is 0. The van der Waals surface area contributed by atoms with Crippen molar-refractivity contribution in [2.45, 2.75) is 64.2 Å². The van der Waals surface area contributed by atoms with E-state index in [2.05, 4.69) is 0 Å². The lowest BCUT2D eigenvalue weighted by atomic mass is 9.90. The minimum Gasteiger partial charge on any atom is -0.281 e. The molecule has 0 spiro atoms. The molecule has 0 aromatic rings.